The molecule has 28 heavy (non-hydrogen) atoms. The highest BCUT2D eigenvalue weighted by atomic mass is 127. The van der Waals surface area contributed by atoms with E-state index in [2.05, 4.69) is 39.1 Å². The van der Waals surface area contributed by atoms with Crippen LogP contribution in [0.15, 0.2) is 53.5 Å². The molecule has 0 radical (unpaired) electrons. The molecule has 0 saturated carbocycles. The standard InChI is InChI=1S/C21H26N4O2.HI/c1-22-21(23-12-15-7-3-4-8-16(15)14-27-2)24-13-17-11-20(26)25-19-10-6-5-9-18(17)19;/h3-10,17H,11-14H2,1-2H3,(H,25,26)(H2,22,23,24);1H. The van der Waals surface area contributed by atoms with Crippen LogP contribution in [0.2, 0.25) is 0 Å². The van der Waals surface area contributed by atoms with Gasteiger partial charge in [0.2, 0.25) is 5.91 Å². The van der Waals surface area contributed by atoms with E-state index >= 15 is 0 Å². The van der Waals surface area contributed by atoms with Gasteiger partial charge in [0.25, 0.3) is 0 Å². The first-order chi connectivity index (χ1) is 13.2. The molecule has 0 bridgehead atoms. The molecule has 7 heteroatoms. The predicted octanol–water partition coefficient (Wildman–Crippen LogP) is 3.24. The average Bonchev–Trinajstić information content (AvgIpc) is 2.69. The molecule has 1 atom stereocenters. The Balaban J connectivity index is 0.00000280. The minimum atomic E-state index is 0. The number of hydrogen-bond donors (Lipinski definition) is 3. The third kappa shape index (κ3) is 5.68. The van der Waals surface area contributed by atoms with E-state index in [0.29, 0.717) is 32.1 Å². The van der Waals surface area contributed by atoms with Gasteiger partial charge in [-0.1, -0.05) is 42.5 Å². The molecule has 2 aromatic rings. The number of rotatable bonds is 6. The number of anilines is 1. The molecule has 1 amide bonds. The van der Waals surface area contributed by atoms with E-state index in [0.717, 1.165) is 16.8 Å². The summed E-state index contributed by atoms with van der Waals surface area (Å²) in [7, 11) is 3.45. The first-order valence-corrected chi connectivity index (χ1v) is 9.10. The van der Waals surface area contributed by atoms with Gasteiger partial charge in [-0.2, -0.15) is 0 Å². The summed E-state index contributed by atoms with van der Waals surface area (Å²) < 4.78 is 5.26. The fraction of sp³-hybridized carbons (Fsp3) is 0.333. The molecular weight excluding hydrogens is 467 g/mol. The van der Waals surface area contributed by atoms with Crippen LogP contribution in [0.5, 0.6) is 0 Å². The number of para-hydroxylation sites is 1. The maximum absolute atomic E-state index is 12.0. The zero-order chi connectivity index (χ0) is 19.1. The summed E-state index contributed by atoms with van der Waals surface area (Å²) in [5, 5.41) is 9.62. The van der Waals surface area contributed by atoms with Gasteiger partial charge >= 0.3 is 0 Å². The van der Waals surface area contributed by atoms with Gasteiger partial charge < -0.3 is 20.7 Å². The van der Waals surface area contributed by atoms with Crippen LogP contribution in [0, 0.1) is 0 Å². The number of hydrogen-bond acceptors (Lipinski definition) is 3. The maximum atomic E-state index is 12.0. The summed E-state index contributed by atoms with van der Waals surface area (Å²) in [6.45, 7) is 1.88. The summed E-state index contributed by atoms with van der Waals surface area (Å²) in [5.74, 6) is 0.886. The van der Waals surface area contributed by atoms with Crippen molar-refractivity contribution in [1.29, 1.82) is 0 Å². The van der Waals surface area contributed by atoms with Crippen molar-refractivity contribution in [3.05, 3.63) is 65.2 Å². The second-order valence-electron chi connectivity index (χ2n) is 6.54. The summed E-state index contributed by atoms with van der Waals surface area (Å²) >= 11 is 0. The van der Waals surface area contributed by atoms with E-state index < -0.39 is 0 Å². The second kappa shape index (κ2) is 11.0. The zero-order valence-corrected chi connectivity index (χ0v) is 18.5. The van der Waals surface area contributed by atoms with E-state index in [-0.39, 0.29) is 35.8 Å². The molecule has 6 nitrogen and oxygen atoms in total. The monoisotopic (exact) mass is 494 g/mol. The minimum Gasteiger partial charge on any atom is -0.380 e. The number of amides is 1. The van der Waals surface area contributed by atoms with Crippen molar-refractivity contribution in [2.24, 2.45) is 4.99 Å². The van der Waals surface area contributed by atoms with Crippen LogP contribution in [-0.4, -0.2) is 32.6 Å². The Kier molecular flexibility index (Phi) is 8.72. The number of nitrogens with one attached hydrogen (secondary N) is 3. The quantitative estimate of drug-likeness (QED) is 0.328. The smallest absolute Gasteiger partial charge is 0.225 e. The molecule has 1 heterocycles. The van der Waals surface area contributed by atoms with Crippen LogP contribution >= 0.6 is 24.0 Å². The first kappa shape index (κ1) is 22.2. The second-order valence-corrected chi connectivity index (χ2v) is 6.54. The lowest BCUT2D eigenvalue weighted by molar-refractivity contribution is -0.116. The Morgan fingerprint density at radius 2 is 1.86 bits per heavy atom. The predicted molar refractivity (Wildman–Crippen MR) is 123 cm³/mol. The Labute approximate surface area is 183 Å². The van der Waals surface area contributed by atoms with Gasteiger partial charge in [0.1, 0.15) is 0 Å². The van der Waals surface area contributed by atoms with Crippen LogP contribution in [0.25, 0.3) is 0 Å². The van der Waals surface area contributed by atoms with Gasteiger partial charge in [0.05, 0.1) is 6.61 Å². The van der Waals surface area contributed by atoms with Crippen LogP contribution < -0.4 is 16.0 Å². The van der Waals surface area contributed by atoms with Gasteiger partial charge in [-0.3, -0.25) is 9.79 Å². The fourth-order valence-electron chi connectivity index (χ4n) is 3.33. The SMILES string of the molecule is CN=C(NCc1ccccc1COC)NCC1CC(=O)Nc2ccccc21.I. The first-order valence-electron chi connectivity index (χ1n) is 9.10. The Bertz CT molecular complexity index is 826. The van der Waals surface area contributed by atoms with Crippen LogP contribution in [0.4, 0.5) is 5.69 Å². The number of ether oxygens (including phenoxy) is 1. The molecule has 150 valence electrons. The summed E-state index contributed by atoms with van der Waals surface area (Å²) in [6.07, 6.45) is 0.470. The Hall–Kier alpha value is -2.13. The Morgan fingerprint density at radius 1 is 1.14 bits per heavy atom. The van der Waals surface area contributed by atoms with Gasteiger partial charge in [-0.25, -0.2) is 0 Å². The molecule has 3 N–H and O–H groups in total. The molecule has 2 aromatic carbocycles. The molecule has 0 fully saturated rings. The van der Waals surface area contributed by atoms with E-state index in [1.807, 2.05) is 30.3 Å². The number of carbonyl (C=O) groups is 1. The number of fused-ring (bicyclic) bond motifs is 1. The van der Waals surface area contributed by atoms with Crippen LogP contribution in [0.3, 0.4) is 0 Å². The number of halogens is 1. The van der Waals surface area contributed by atoms with Crippen molar-refractivity contribution in [1.82, 2.24) is 10.6 Å². The number of methoxy groups -OCH3 is 1. The van der Waals surface area contributed by atoms with E-state index in [1.165, 1.54) is 5.56 Å². The summed E-state index contributed by atoms with van der Waals surface area (Å²) in [5.41, 5.74) is 4.38. The van der Waals surface area contributed by atoms with E-state index in [4.69, 9.17) is 4.74 Å². The molecule has 0 spiro atoms. The summed E-state index contributed by atoms with van der Waals surface area (Å²) in [4.78, 5) is 16.3. The highest BCUT2D eigenvalue weighted by molar-refractivity contribution is 14.0. The van der Waals surface area contributed by atoms with Crippen molar-refractivity contribution in [2.75, 3.05) is 26.0 Å². The largest absolute Gasteiger partial charge is 0.380 e. The van der Waals surface area contributed by atoms with Crippen molar-refractivity contribution >= 4 is 41.5 Å². The van der Waals surface area contributed by atoms with Crippen LogP contribution in [0.1, 0.15) is 29.0 Å². The number of guanidine groups is 1. The number of carbonyl (C=O) groups excluding carboxylic acids is 1. The number of nitrogens with zero attached hydrogens (tertiary/aromatic N) is 1. The van der Waals surface area contributed by atoms with Gasteiger partial charge in [0.15, 0.2) is 5.96 Å². The van der Waals surface area contributed by atoms with Gasteiger partial charge in [-0.05, 0) is 22.8 Å². The molecule has 0 saturated heterocycles. The van der Waals surface area contributed by atoms with Crippen molar-refractivity contribution in [3.63, 3.8) is 0 Å². The van der Waals surface area contributed by atoms with E-state index in [1.54, 1.807) is 14.2 Å². The normalized spacial score (nSPS) is 15.9. The molecule has 1 aliphatic heterocycles. The third-order valence-corrected chi connectivity index (χ3v) is 4.71. The topological polar surface area (TPSA) is 74.8 Å². The molecule has 0 aliphatic carbocycles. The van der Waals surface area contributed by atoms with Gasteiger partial charge in [-0.15, -0.1) is 24.0 Å². The van der Waals surface area contributed by atoms with Crippen LogP contribution in [-0.2, 0) is 22.7 Å². The molecule has 1 unspecified atom stereocenters. The lowest BCUT2D eigenvalue weighted by atomic mass is 9.90. The lowest BCUT2D eigenvalue weighted by Crippen LogP contribution is -2.40. The average molecular weight is 494 g/mol. The molecule has 0 aromatic heterocycles. The fourth-order valence-corrected chi connectivity index (χ4v) is 3.33. The van der Waals surface area contributed by atoms with Crippen molar-refractivity contribution in [2.45, 2.75) is 25.5 Å². The lowest BCUT2D eigenvalue weighted by Gasteiger charge is -2.26. The Morgan fingerprint density at radius 3 is 2.61 bits per heavy atom. The number of aliphatic imine (C=N–C) groups is 1. The summed E-state index contributed by atoms with van der Waals surface area (Å²) in [6, 6.07) is 16.1. The molecule has 1 aliphatic rings. The molecule has 3 rings (SSSR count). The van der Waals surface area contributed by atoms with Crippen molar-refractivity contribution < 1.29 is 9.53 Å². The van der Waals surface area contributed by atoms with E-state index in [9.17, 15) is 4.79 Å². The minimum absolute atomic E-state index is 0. The number of benzene rings is 2. The van der Waals surface area contributed by atoms with Gasteiger partial charge in [0, 0.05) is 45.3 Å². The molecular formula is C21H27IN4O2. The maximum Gasteiger partial charge on any atom is 0.225 e. The zero-order valence-electron chi connectivity index (χ0n) is 16.2. The van der Waals surface area contributed by atoms with Crippen molar-refractivity contribution in [3.8, 4) is 0 Å². The highest BCUT2D eigenvalue weighted by Crippen LogP contribution is 2.31. The third-order valence-electron chi connectivity index (χ3n) is 4.71. The highest BCUT2D eigenvalue weighted by Gasteiger charge is 2.24.